The largest absolute Gasteiger partial charge is 1.00 e. The molecule has 2 aromatic heterocycles. The van der Waals surface area contributed by atoms with Gasteiger partial charge in [-0.15, -0.1) is 0 Å². The molecule has 6 nitrogen and oxygen atoms in total. The van der Waals surface area contributed by atoms with E-state index in [2.05, 4.69) is 19.8 Å². The van der Waals surface area contributed by atoms with Gasteiger partial charge in [-0.2, -0.15) is 0 Å². The standard InChI is InChI=1S/C36H42N4O2.2BrH/c1-29-11-15-33(16-12-29)37-35(41)31-19-25-39(26-20-31)23-9-7-5-3-4-6-8-10-24-40-27-21-32(22-28-40)36(42)38-34-17-13-30(2)14-18-34;;/h11-22,25-28H,3-10,23-24H2,1-2H3;2*1H. The number of hydrogen-bond donors (Lipinski definition) is 2. The van der Waals surface area contributed by atoms with Crippen LogP contribution < -0.4 is 53.7 Å². The first-order chi connectivity index (χ1) is 20.5. The highest BCUT2D eigenvalue weighted by molar-refractivity contribution is 6.04. The second-order valence-electron chi connectivity index (χ2n) is 11.1. The number of carbonyl (C=O) groups excluding carboxylic acids is 2. The predicted octanol–water partition coefficient (Wildman–Crippen LogP) is 1.21. The van der Waals surface area contributed by atoms with Crippen LogP contribution in [0.15, 0.2) is 97.6 Å². The lowest BCUT2D eigenvalue weighted by Gasteiger charge is -2.05. The summed E-state index contributed by atoms with van der Waals surface area (Å²) in [5.41, 5.74) is 5.31. The van der Waals surface area contributed by atoms with Crippen LogP contribution in [0.5, 0.6) is 0 Å². The molecule has 0 atom stereocenters. The SMILES string of the molecule is Cc1ccc(NC(=O)c2cc[n+](CCCCCCCCCC[n+]3ccc(C(=O)Nc4ccc(C)cc4)cc3)cc2)cc1.[Br-].[Br-]. The topological polar surface area (TPSA) is 66.0 Å². The third-order valence-electron chi connectivity index (χ3n) is 7.51. The van der Waals surface area contributed by atoms with E-state index in [1.165, 1.54) is 49.7 Å². The van der Waals surface area contributed by atoms with E-state index >= 15 is 0 Å². The number of nitrogens with zero attached hydrogens (tertiary/aromatic N) is 2. The molecule has 2 amide bonds. The fourth-order valence-electron chi connectivity index (χ4n) is 4.85. The summed E-state index contributed by atoms with van der Waals surface area (Å²) >= 11 is 0. The Bertz CT molecular complexity index is 1300. The van der Waals surface area contributed by atoms with Crippen molar-refractivity contribution in [2.75, 3.05) is 10.6 Å². The van der Waals surface area contributed by atoms with Crippen LogP contribution in [-0.4, -0.2) is 11.8 Å². The molecule has 0 saturated carbocycles. The Morgan fingerprint density at radius 3 is 1.09 bits per heavy atom. The summed E-state index contributed by atoms with van der Waals surface area (Å²) in [4.78, 5) is 24.9. The van der Waals surface area contributed by atoms with E-state index in [1.54, 1.807) is 0 Å². The zero-order chi connectivity index (χ0) is 29.6. The van der Waals surface area contributed by atoms with Crippen molar-refractivity contribution in [3.05, 3.63) is 120 Å². The number of hydrogen-bond acceptors (Lipinski definition) is 2. The summed E-state index contributed by atoms with van der Waals surface area (Å²) in [5, 5.41) is 5.90. The maximum Gasteiger partial charge on any atom is 0.256 e. The summed E-state index contributed by atoms with van der Waals surface area (Å²) in [7, 11) is 0. The number of pyridine rings is 2. The van der Waals surface area contributed by atoms with Gasteiger partial charge >= 0.3 is 0 Å². The maximum absolute atomic E-state index is 12.5. The zero-order valence-electron chi connectivity index (χ0n) is 25.8. The number of unbranched alkanes of at least 4 members (excludes halogenated alkanes) is 7. The number of carbonyl (C=O) groups is 2. The van der Waals surface area contributed by atoms with Crippen molar-refractivity contribution in [1.82, 2.24) is 0 Å². The van der Waals surface area contributed by atoms with Gasteiger partial charge in [-0.1, -0.05) is 61.1 Å². The van der Waals surface area contributed by atoms with Crippen molar-refractivity contribution >= 4 is 23.2 Å². The monoisotopic (exact) mass is 722 g/mol. The molecule has 2 heterocycles. The van der Waals surface area contributed by atoms with E-state index < -0.39 is 0 Å². The van der Waals surface area contributed by atoms with E-state index in [1.807, 2.05) is 111 Å². The molecule has 234 valence electrons. The van der Waals surface area contributed by atoms with Gasteiger partial charge in [-0.05, 0) is 51.0 Å². The van der Waals surface area contributed by atoms with Crippen LogP contribution in [0.2, 0.25) is 0 Å². The van der Waals surface area contributed by atoms with Crippen molar-refractivity contribution in [3.8, 4) is 0 Å². The van der Waals surface area contributed by atoms with Gasteiger partial charge < -0.3 is 44.6 Å². The molecule has 4 rings (SSSR count). The Kier molecular flexibility index (Phi) is 16.6. The molecule has 0 aliphatic heterocycles. The normalized spacial score (nSPS) is 10.3. The first kappa shape index (κ1) is 36.8. The highest BCUT2D eigenvalue weighted by Gasteiger charge is 2.10. The van der Waals surface area contributed by atoms with Crippen LogP contribution in [0.4, 0.5) is 11.4 Å². The van der Waals surface area contributed by atoms with Gasteiger partial charge in [0.2, 0.25) is 0 Å². The molecular weight excluding hydrogens is 680 g/mol. The van der Waals surface area contributed by atoms with Crippen LogP contribution in [0, 0.1) is 13.8 Å². The average molecular weight is 725 g/mol. The molecule has 0 saturated heterocycles. The van der Waals surface area contributed by atoms with Crippen LogP contribution in [0.1, 0.15) is 83.2 Å². The van der Waals surface area contributed by atoms with Gasteiger partial charge in [0.05, 0.1) is 11.1 Å². The van der Waals surface area contributed by atoms with Crippen molar-refractivity contribution in [3.63, 3.8) is 0 Å². The van der Waals surface area contributed by atoms with E-state index in [4.69, 9.17) is 0 Å². The third kappa shape index (κ3) is 12.7. The summed E-state index contributed by atoms with van der Waals surface area (Å²) in [6.07, 6.45) is 17.8. The second-order valence-corrected chi connectivity index (χ2v) is 11.1. The molecule has 8 heteroatoms. The Balaban J connectivity index is 0.00000337. The Labute approximate surface area is 283 Å². The second kappa shape index (κ2) is 19.8. The van der Waals surface area contributed by atoms with E-state index in [9.17, 15) is 9.59 Å². The Morgan fingerprint density at radius 2 is 0.773 bits per heavy atom. The molecule has 0 spiro atoms. The molecule has 2 N–H and O–H groups in total. The summed E-state index contributed by atoms with van der Waals surface area (Å²) in [5.74, 6) is -0.165. The number of nitrogens with one attached hydrogen (secondary N) is 2. The van der Waals surface area contributed by atoms with E-state index in [0.717, 1.165) is 37.3 Å². The fraction of sp³-hybridized carbons (Fsp3) is 0.333. The van der Waals surface area contributed by atoms with Gasteiger partial charge in [0, 0.05) is 48.5 Å². The molecule has 44 heavy (non-hydrogen) atoms. The average Bonchev–Trinajstić information content (AvgIpc) is 3.01. The Hall–Kier alpha value is -3.36. The third-order valence-corrected chi connectivity index (χ3v) is 7.51. The van der Waals surface area contributed by atoms with Crippen LogP contribution in [0.25, 0.3) is 0 Å². The van der Waals surface area contributed by atoms with Gasteiger partial charge in [0.1, 0.15) is 13.1 Å². The fourth-order valence-corrected chi connectivity index (χ4v) is 4.85. The molecule has 0 unspecified atom stereocenters. The van der Waals surface area contributed by atoms with Crippen LogP contribution in [-0.2, 0) is 13.1 Å². The van der Waals surface area contributed by atoms with Crippen molar-refractivity contribution in [2.45, 2.75) is 78.3 Å². The predicted molar refractivity (Wildman–Crippen MR) is 168 cm³/mol. The van der Waals surface area contributed by atoms with Crippen molar-refractivity contribution in [1.29, 1.82) is 0 Å². The lowest BCUT2D eigenvalue weighted by atomic mass is 10.1. The lowest BCUT2D eigenvalue weighted by molar-refractivity contribution is -0.697. The van der Waals surface area contributed by atoms with E-state index in [-0.39, 0.29) is 45.8 Å². The van der Waals surface area contributed by atoms with Crippen LogP contribution >= 0.6 is 0 Å². The zero-order valence-corrected chi connectivity index (χ0v) is 28.9. The highest BCUT2D eigenvalue weighted by atomic mass is 79.9. The van der Waals surface area contributed by atoms with Gasteiger partial charge in [-0.25, -0.2) is 9.13 Å². The minimum atomic E-state index is -0.0823. The molecule has 2 aromatic carbocycles. The minimum absolute atomic E-state index is 0. The Morgan fingerprint density at radius 1 is 0.477 bits per heavy atom. The van der Waals surface area contributed by atoms with E-state index in [0.29, 0.717) is 11.1 Å². The van der Waals surface area contributed by atoms with Gasteiger partial charge in [0.25, 0.3) is 11.8 Å². The number of anilines is 2. The number of rotatable bonds is 15. The summed E-state index contributed by atoms with van der Waals surface area (Å²) in [6.45, 7) is 6.01. The molecular formula is C36H44Br2N4O2. The first-order valence-corrected chi connectivity index (χ1v) is 15.2. The van der Waals surface area contributed by atoms with Gasteiger partial charge in [0.15, 0.2) is 24.8 Å². The lowest BCUT2D eigenvalue weighted by Crippen LogP contribution is -3.00. The summed E-state index contributed by atoms with van der Waals surface area (Å²) < 4.78 is 4.31. The first-order valence-electron chi connectivity index (χ1n) is 15.2. The number of benzene rings is 2. The smallest absolute Gasteiger partial charge is 0.256 e. The molecule has 0 bridgehead atoms. The number of halogens is 2. The minimum Gasteiger partial charge on any atom is -1.00 e. The number of aryl methyl sites for hydroxylation is 4. The molecule has 0 fully saturated rings. The number of aromatic nitrogens is 2. The van der Waals surface area contributed by atoms with Gasteiger partial charge in [-0.3, -0.25) is 9.59 Å². The molecule has 0 aliphatic carbocycles. The van der Waals surface area contributed by atoms with Crippen molar-refractivity contribution in [2.24, 2.45) is 0 Å². The molecule has 4 aromatic rings. The molecule has 0 aliphatic rings. The van der Waals surface area contributed by atoms with Crippen molar-refractivity contribution < 1.29 is 52.7 Å². The highest BCUT2D eigenvalue weighted by Crippen LogP contribution is 2.12. The maximum atomic E-state index is 12.5. The summed E-state index contributed by atoms with van der Waals surface area (Å²) in [6, 6.07) is 23.2. The van der Waals surface area contributed by atoms with Crippen LogP contribution in [0.3, 0.4) is 0 Å². The molecule has 0 radical (unpaired) electrons. The quantitative estimate of drug-likeness (QED) is 0.143. The number of amides is 2.